The molecular formula is C20H23N3O4. The van der Waals surface area contributed by atoms with E-state index in [1.807, 2.05) is 12.1 Å². The van der Waals surface area contributed by atoms with Crippen molar-refractivity contribution in [2.45, 2.75) is 45.7 Å². The summed E-state index contributed by atoms with van der Waals surface area (Å²) in [6.45, 7) is 4.24. The normalized spacial score (nSPS) is 16.4. The van der Waals surface area contributed by atoms with Crippen LogP contribution in [0.15, 0.2) is 34.9 Å². The summed E-state index contributed by atoms with van der Waals surface area (Å²) >= 11 is 0. The number of hydrogen-bond acceptors (Lipinski definition) is 5. The van der Waals surface area contributed by atoms with Gasteiger partial charge in [-0.1, -0.05) is 29.4 Å². The molecule has 1 saturated heterocycles. The number of aryl methyl sites for hydroxylation is 1. The lowest BCUT2D eigenvalue weighted by Crippen LogP contribution is -2.46. The lowest BCUT2D eigenvalue weighted by molar-refractivity contribution is -0.138. The number of rotatable bonds is 6. The Balaban J connectivity index is 1.56. The molecule has 1 aliphatic rings. The Morgan fingerprint density at radius 2 is 2.00 bits per heavy atom. The van der Waals surface area contributed by atoms with Gasteiger partial charge in [0.2, 0.25) is 11.8 Å². The van der Waals surface area contributed by atoms with E-state index in [-0.39, 0.29) is 24.0 Å². The van der Waals surface area contributed by atoms with E-state index in [4.69, 9.17) is 4.52 Å². The molecule has 0 saturated carbocycles. The van der Waals surface area contributed by atoms with Gasteiger partial charge < -0.3 is 14.7 Å². The van der Waals surface area contributed by atoms with Crippen molar-refractivity contribution in [3.63, 3.8) is 0 Å². The highest BCUT2D eigenvalue weighted by Gasteiger charge is 2.34. The van der Waals surface area contributed by atoms with Crippen molar-refractivity contribution in [1.29, 1.82) is 0 Å². The second-order valence-electron chi connectivity index (χ2n) is 6.83. The van der Waals surface area contributed by atoms with E-state index in [0.29, 0.717) is 30.8 Å². The molecule has 0 radical (unpaired) electrons. The molecule has 2 heterocycles. The monoisotopic (exact) mass is 369 g/mol. The first-order valence-electron chi connectivity index (χ1n) is 9.03. The number of carbonyl (C=O) groups is 3. The number of benzene rings is 1. The summed E-state index contributed by atoms with van der Waals surface area (Å²) in [6, 6.07) is 8.40. The molecule has 2 amide bonds. The van der Waals surface area contributed by atoms with Crippen molar-refractivity contribution >= 4 is 17.6 Å². The third kappa shape index (κ3) is 4.61. The summed E-state index contributed by atoms with van der Waals surface area (Å²) < 4.78 is 5.10. The minimum atomic E-state index is -0.460. The zero-order valence-corrected chi connectivity index (χ0v) is 15.5. The first-order valence-corrected chi connectivity index (χ1v) is 9.03. The van der Waals surface area contributed by atoms with Gasteiger partial charge in [-0.2, -0.15) is 0 Å². The Morgan fingerprint density at radius 1 is 1.26 bits per heavy atom. The van der Waals surface area contributed by atoms with Gasteiger partial charge in [-0.3, -0.25) is 14.4 Å². The first kappa shape index (κ1) is 18.8. The number of likely N-dealkylation sites (tertiary alicyclic amines) is 1. The van der Waals surface area contributed by atoms with Gasteiger partial charge in [-0.25, -0.2) is 0 Å². The maximum atomic E-state index is 12.6. The van der Waals surface area contributed by atoms with Crippen molar-refractivity contribution in [1.82, 2.24) is 15.4 Å². The Kier molecular flexibility index (Phi) is 5.69. The van der Waals surface area contributed by atoms with Crippen molar-refractivity contribution in [2.24, 2.45) is 0 Å². The van der Waals surface area contributed by atoms with Gasteiger partial charge in [0.15, 0.2) is 5.78 Å². The molecule has 1 unspecified atom stereocenters. The summed E-state index contributed by atoms with van der Waals surface area (Å²) in [5.74, 6) is 0.224. The summed E-state index contributed by atoms with van der Waals surface area (Å²) in [7, 11) is 0. The number of ketones is 1. The third-order valence-corrected chi connectivity index (χ3v) is 4.71. The molecule has 2 aromatic rings. The van der Waals surface area contributed by atoms with Crippen LogP contribution in [0.2, 0.25) is 0 Å². The smallest absolute Gasteiger partial charge is 0.243 e. The highest BCUT2D eigenvalue weighted by molar-refractivity contribution is 5.94. The second-order valence-corrected chi connectivity index (χ2v) is 6.83. The van der Waals surface area contributed by atoms with E-state index in [1.165, 1.54) is 6.92 Å². The van der Waals surface area contributed by atoms with Crippen LogP contribution in [0.3, 0.4) is 0 Å². The van der Waals surface area contributed by atoms with Crippen LogP contribution >= 0.6 is 0 Å². The quantitative estimate of drug-likeness (QED) is 0.787. The second kappa shape index (κ2) is 8.16. The van der Waals surface area contributed by atoms with E-state index in [0.717, 1.165) is 17.7 Å². The van der Waals surface area contributed by atoms with E-state index >= 15 is 0 Å². The summed E-state index contributed by atoms with van der Waals surface area (Å²) in [4.78, 5) is 38.0. The molecule has 0 spiro atoms. The number of aromatic nitrogens is 1. The topological polar surface area (TPSA) is 92.5 Å². The van der Waals surface area contributed by atoms with Crippen molar-refractivity contribution in [3.05, 3.63) is 52.9 Å². The third-order valence-electron chi connectivity index (χ3n) is 4.71. The molecule has 142 valence electrons. The molecule has 1 fully saturated rings. The minimum Gasteiger partial charge on any atom is -0.361 e. The molecule has 7 nitrogen and oxygen atoms in total. The number of hydrogen-bond donors (Lipinski definition) is 1. The standard InChI is InChI=1S/C20H23N3O4/c1-13-10-17(27-22-13)11-19(25)23-9-3-4-18(23)20(26)21-12-15-5-7-16(8-6-15)14(2)24/h5-8,10,18H,3-4,9,11-12H2,1-2H3,(H,21,26). The predicted octanol–water partition coefficient (Wildman–Crippen LogP) is 2.04. The lowest BCUT2D eigenvalue weighted by Gasteiger charge is -2.23. The maximum absolute atomic E-state index is 12.6. The first-order chi connectivity index (χ1) is 12.9. The van der Waals surface area contributed by atoms with Crippen LogP contribution in [0.5, 0.6) is 0 Å². The molecular weight excluding hydrogens is 346 g/mol. The van der Waals surface area contributed by atoms with Crippen LogP contribution in [0.1, 0.15) is 47.1 Å². The van der Waals surface area contributed by atoms with Gasteiger partial charge in [0.1, 0.15) is 11.8 Å². The Labute approximate surface area is 157 Å². The van der Waals surface area contributed by atoms with Crippen LogP contribution in [-0.2, 0) is 22.6 Å². The van der Waals surface area contributed by atoms with Crippen LogP contribution in [0.25, 0.3) is 0 Å². The molecule has 1 aromatic heterocycles. The highest BCUT2D eigenvalue weighted by atomic mass is 16.5. The fraction of sp³-hybridized carbons (Fsp3) is 0.400. The van der Waals surface area contributed by atoms with E-state index in [2.05, 4.69) is 10.5 Å². The SMILES string of the molecule is CC(=O)c1ccc(CNC(=O)C2CCCN2C(=O)Cc2cc(C)no2)cc1. The largest absolute Gasteiger partial charge is 0.361 e. The zero-order valence-electron chi connectivity index (χ0n) is 15.5. The number of Topliss-reactive ketones (excluding diaryl/α,β-unsaturated/α-hetero) is 1. The Bertz CT molecular complexity index is 841. The zero-order chi connectivity index (χ0) is 19.4. The fourth-order valence-electron chi connectivity index (χ4n) is 3.25. The van der Waals surface area contributed by atoms with Gasteiger partial charge in [0.05, 0.1) is 12.1 Å². The summed E-state index contributed by atoms with van der Waals surface area (Å²) in [6.07, 6.45) is 1.56. The van der Waals surface area contributed by atoms with E-state index in [1.54, 1.807) is 30.0 Å². The van der Waals surface area contributed by atoms with Crippen molar-refractivity contribution in [2.75, 3.05) is 6.54 Å². The predicted molar refractivity (Wildman–Crippen MR) is 98.0 cm³/mol. The molecule has 1 aromatic carbocycles. The Morgan fingerprint density at radius 3 is 2.63 bits per heavy atom. The summed E-state index contributed by atoms with van der Waals surface area (Å²) in [5, 5.41) is 6.67. The van der Waals surface area contributed by atoms with Crippen LogP contribution in [-0.4, -0.2) is 40.2 Å². The lowest BCUT2D eigenvalue weighted by atomic mass is 10.1. The van der Waals surface area contributed by atoms with Crippen molar-refractivity contribution in [3.8, 4) is 0 Å². The highest BCUT2D eigenvalue weighted by Crippen LogP contribution is 2.19. The molecule has 27 heavy (non-hydrogen) atoms. The molecule has 0 bridgehead atoms. The van der Waals surface area contributed by atoms with Crippen LogP contribution in [0, 0.1) is 6.92 Å². The van der Waals surface area contributed by atoms with Crippen molar-refractivity contribution < 1.29 is 18.9 Å². The van der Waals surface area contributed by atoms with Gasteiger partial charge in [-0.05, 0) is 32.3 Å². The minimum absolute atomic E-state index is 0.00708. The summed E-state index contributed by atoms with van der Waals surface area (Å²) in [5.41, 5.74) is 2.27. The molecule has 1 N–H and O–H groups in total. The van der Waals surface area contributed by atoms with Crippen LogP contribution < -0.4 is 5.32 Å². The van der Waals surface area contributed by atoms with Crippen LogP contribution in [0.4, 0.5) is 0 Å². The molecule has 7 heteroatoms. The fourth-order valence-corrected chi connectivity index (χ4v) is 3.25. The van der Waals surface area contributed by atoms with Gasteiger partial charge in [-0.15, -0.1) is 0 Å². The maximum Gasteiger partial charge on any atom is 0.243 e. The number of carbonyl (C=O) groups excluding carboxylic acids is 3. The average Bonchev–Trinajstić information content (AvgIpc) is 3.29. The van der Waals surface area contributed by atoms with Gasteiger partial charge in [0.25, 0.3) is 0 Å². The number of nitrogens with zero attached hydrogens (tertiary/aromatic N) is 2. The molecule has 0 aliphatic carbocycles. The van der Waals surface area contributed by atoms with Gasteiger partial charge in [0, 0.05) is 24.7 Å². The average molecular weight is 369 g/mol. The van der Waals surface area contributed by atoms with E-state index < -0.39 is 6.04 Å². The van der Waals surface area contributed by atoms with Gasteiger partial charge >= 0.3 is 0 Å². The number of nitrogens with one attached hydrogen (secondary N) is 1. The van der Waals surface area contributed by atoms with E-state index in [9.17, 15) is 14.4 Å². The molecule has 1 atom stereocenters. The Hall–Kier alpha value is -2.96. The number of amides is 2. The molecule has 3 rings (SSSR count). The molecule has 1 aliphatic heterocycles.